The highest BCUT2D eigenvalue weighted by Crippen LogP contribution is 2.16. The number of anilines is 2. The second-order valence-corrected chi connectivity index (χ2v) is 7.71. The zero-order chi connectivity index (χ0) is 22.2. The number of carbonyl (C=O) groups excluding carboxylic acids is 2. The third-order valence-corrected chi connectivity index (χ3v) is 5.66. The van der Waals surface area contributed by atoms with E-state index in [2.05, 4.69) is 17.1 Å². The number of rotatable bonds is 8. The third kappa shape index (κ3) is 6.28. The van der Waals surface area contributed by atoms with Crippen LogP contribution < -0.4 is 10.2 Å². The number of halogens is 1. The van der Waals surface area contributed by atoms with E-state index in [1.165, 1.54) is 12.1 Å². The molecule has 0 aromatic heterocycles. The Morgan fingerprint density at radius 1 is 1.00 bits per heavy atom. The first-order valence-corrected chi connectivity index (χ1v) is 10.9. The molecule has 0 atom stereocenters. The maximum absolute atomic E-state index is 13.2. The Kier molecular flexibility index (Phi) is 8.00. The van der Waals surface area contributed by atoms with Crippen molar-refractivity contribution in [3.05, 3.63) is 59.9 Å². The standard InChI is InChI=1S/C24H31FN4O2/c1-3-19-7-5-6-8-22(19)26-23(30)17-27-13-15-29(16-14-27)24(31)18-28(4-2)21-11-9-20(25)10-12-21/h5-12H,3-4,13-18H2,1-2H3,(H,26,30). The summed E-state index contributed by atoms with van der Waals surface area (Å²) in [5, 5.41) is 3.00. The van der Waals surface area contributed by atoms with Gasteiger partial charge in [-0.25, -0.2) is 4.39 Å². The smallest absolute Gasteiger partial charge is 0.242 e. The molecule has 3 rings (SSSR count). The number of aryl methyl sites for hydroxylation is 1. The van der Waals surface area contributed by atoms with Crippen LogP contribution in [0.2, 0.25) is 0 Å². The van der Waals surface area contributed by atoms with Gasteiger partial charge in [0.1, 0.15) is 5.82 Å². The van der Waals surface area contributed by atoms with Gasteiger partial charge >= 0.3 is 0 Å². The molecule has 0 saturated carbocycles. The molecule has 7 heteroatoms. The van der Waals surface area contributed by atoms with Crippen molar-refractivity contribution in [2.45, 2.75) is 20.3 Å². The molecule has 2 amide bonds. The lowest BCUT2D eigenvalue weighted by Gasteiger charge is -2.35. The van der Waals surface area contributed by atoms with Crippen LogP contribution in [0.4, 0.5) is 15.8 Å². The van der Waals surface area contributed by atoms with E-state index in [4.69, 9.17) is 0 Å². The quantitative estimate of drug-likeness (QED) is 0.705. The van der Waals surface area contributed by atoms with Gasteiger partial charge in [-0.3, -0.25) is 14.5 Å². The molecule has 0 aliphatic carbocycles. The van der Waals surface area contributed by atoms with Gasteiger partial charge in [0, 0.05) is 44.1 Å². The molecule has 6 nitrogen and oxygen atoms in total. The van der Waals surface area contributed by atoms with E-state index < -0.39 is 0 Å². The molecule has 1 fully saturated rings. The summed E-state index contributed by atoms with van der Waals surface area (Å²) in [5.74, 6) is -0.272. The number of nitrogens with one attached hydrogen (secondary N) is 1. The highest BCUT2D eigenvalue weighted by Gasteiger charge is 2.24. The average molecular weight is 427 g/mol. The van der Waals surface area contributed by atoms with Crippen LogP contribution in [-0.4, -0.2) is 67.4 Å². The Labute approximate surface area is 183 Å². The van der Waals surface area contributed by atoms with Gasteiger partial charge < -0.3 is 15.1 Å². The molecule has 0 radical (unpaired) electrons. The predicted molar refractivity (Wildman–Crippen MR) is 122 cm³/mol. The van der Waals surface area contributed by atoms with Crippen molar-refractivity contribution >= 4 is 23.2 Å². The summed E-state index contributed by atoms with van der Waals surface area (Å²) in [5.41, 5.74) is 2.82. The number of carbonyl (C=O) groups is 2. The minimum atomic E-state index is -0.288. The van der Waals surface area contributed by atoms with Gasteiger partial charge in [0.15, 0.2) is 0 Å². The SMILES string of the molecule is CCc1ccccc1NC(=O)CN1CCN(C(=O)CN(CC)c2ccc(F)cc2)CC1. The van der Waals surface area contributed by atoms with Crippen molar-refractivity contribution in [1.29, 1.82) is 0 Å². The Morgan fingerprint density at radius 3 is 2.32 bits per heavy atom. The molecule has 166 valence electrons. The van der Waals surface area contributed by atoms with Gasteiger partial charge in [-0.2, -0.15) is 0 Å². The Balaban J connectivity index is 1.46. The van der Waals surface area contributed by atoms with E-state index in [1.54, 1.807) is 12.1 Å². The van der Waals surface area contributed by atoms with Crippen LogP contribution in [0, 0.1) is 5.82 Å². The number of nitrogens with zero attached hydrogens (tertiary/aromatic N) is 3. The zero-order valence-corrected chi connectivity index (χ0v) is 18.3. The van der Waals surface area contributed by atoms with Gasteiger partial charge in [-0.1, -0.05) is 25.1 Å². The number of amides is 2. The highest BCUT2D eigenvalue weighted by molar-refractivity contribution is 5.93. The van der Waals surface area contributed by atoms with Crippen LogP contribution in [0.15, 0.2) is 48.5 Å². The number of likely N-dealkylation sites (N-methyl/N-ethyl adjacent to an activating group) is 1. The van der Waals surface area contributed by atoms with Crippen molar-refractivity contribution in [2.24, 2.45) is 0 Å². The summed E-state index contributed by atoms with van der Waals surface area (Å²) >= 11 is 0. The second-order valence-electron chi connectivity index (χ2n) is 7.71. The summed E-state index contributed by atoms with van der Waals surface area (Å²) < 4.78 is 13.2. The van der Waals surface area contributed by atoms with E-state index >= 15 is 0 Å². The number of para-hydroxylation sites is 1. The minimum absolute atomic E-state index is 0.0332. The molecule has 1 N–H and O–H groups in total. The topological polar surface area (TPSA) is 55.9 Å². The number of benzene rings is 2. The van der Waals surface area contributed by atoms with E-state index in [9.17, 15) is 14.0 Å². The summed E-state index contributed by atoms with van der Waals surface area (Å²) in [6.45, 7) is 7.80. The first-order chi connectivity index (χ1) is 15.0. The normalized spacial score (nSPS) is 14.4. The van der Waals surface area contributed by atoms with Gasteiger partial charge in [0.2, 0.25) is 11.8 Å². The molecule has 1 saturated heterocycles. The van der Waals surface area contributed by atoms with E-state index in [1.807, 2.05) is 41.0 Å². The van der Waals surface area contributed by atoms with Gasteiger partial charge in [0.25, 0.3) is 0 Å². The monoisotopic (exact) mass is 426 g/mol. The number of hydrogen-bond donors (Lipinski definition) is 1. The van der Waals surface area contributed by atoms with Crippen LogP contribution in [-0.2, 0) is 16.0 Å². The van der Waals surface area contributed by atoms with Crippen LogP contribution >= 0.6 is 0 Å². The highest BCUT2D eigenvalue weighted by atomic mass is 19.1. The molecule has 31 heavy (non-hydrogen) atoms. The van der Waals surface area contributed by atoms with Crippen molar-refractivity contribution in [2.75, 3.05) is 56.0 Å². The van der Waals surface area contributed by atoms with Gasteiger partial charge in [-0.05, 0) is 49.2 Å². The molecule has 2 aromatic rings. The second kappa shape index (κ2) is 10.9. The first-order valence-electron chi connectivity index (χ1n) is 10.9. The van der Waals surface area contributed by atoms with E-state index in [-0.39, 0.29) is 24.2 Å². The van der Waals surface area contributed by atoms with Crippen molar-refractivity contribution < 1.29 is 14.0 Å². The van der Waals surface area contributed by atoms with E-state index in [0.29, 0.717) is 39.3 Å². The lowest BCUT2D eigenvalue weighted by atomic mass is 10.1. The maximum Gasteiger partial charge on any atom is 0.242 e. The Hall–Kier alpha value is -2.93. The van der Waals surface area contributed by atoms with Crippen molar-refractivity contribution in [3.8, 4) is 0 Å². The van der Waals surface area contributed by atoms with Crippen LogP contribution in [0.3, 0.4) is 0 Å². The lowest BCUT2D eigenvalue weighted by molar-refractivity contribution is -0.131. The molecule has 0 unspecified atom stereocenters. The molecule has 2 aromatic carbocycles. The fourth-order valence-electron chi connectivity index (χ4n) is 3.80. The molecule has 0 spiro atoms. The molecule has 0 bridgehead atoms. The average Bonchev–Trinajstić information content (AvgIpc) is 2.78. The van der Waals surface area contributed by atoms with Crippen LogP contribution in [0.25, 0.3) is 0 Å². The molecule has 1 aliphatic rings. The zero-order valence-electron chi connectivity index (χ0n) is 18.3. The Morgan fingerprint density at radius 2 is 1.68 bits per heavy atom. The molecule has 1 heterocycles. The molecular weight excluding hydrogens is 395 g/mol. The van der Waals surface area contributed by atoms with Crippen molar-refractivity contribution in [1.82, 2.24) is 9.80 Å². The van der Waals surface area contributed by atoms with Crippen LogP contribution in [0.5, 0.6) is 0 Å². The summed E-state index contributed by atoms with van der Waals surface area (Å²) in [6, 6.07) is 14.0. The predicted octanol–water partition coefficient (Wildman–Crippen LogP) is 3.00. The van der Waals surface area contributed by atoms with Gasteiger partial charge in [0.05, 0.1) is 13.1 Å². The van der Waals surface area contributed by atoms with E-state index in [0.717, 1.165) is 23.4 Å². The molecular formula is C24H31FN4O2. The number of hydrogen-bond acceptors (Lipinski definition) is 4. The Bertz CT molecular complexity index is 879. The number of piperazine rings is 1. The fraction of sp³-hybridized carbons (Fsp3) is 0.417. The largest absolute Gasteiger partial charge is 0.362 e. The summed E-state index contributed by atoms with van der Waals surface area (Å²) in [7, 11) is 0. The lowest BCUT2D eigenvalue weighted by Crippen LogP contribution is -2.52. The first kappa shape index (κ1) is 22.7. The third-order valence-electron chi connectivity index (χ3n) is 5.66. The fourth-order valence-corrected chi connectivity index (χ4v) is 3.80. The van der Waals surface area contributed by atoms with Gasteiger partial charge in [-0.15, -0.1) is 0 Å². The summed E-state index contributed by atoms with van der Waals surface area (Å²) in [4.78, 5) is 31.1. The summed E-state index contributed by atoms with van der Waals surface area (Å²) in [6.07, 6.45) is 0.865. The maximum atomic E-state index is 13.2. The minimum Gasteiger partial charge on any atom is -0.362 e. The van der Waals surface area contributed by atoms with Crippen LogP contribution in [0.1, 0.15) is 19.4 Å². The molecule has 1 aliphatic heterocycles. The van der Waals surface area contributed by atoms with Crippen molar-refractivity contribution in [3.63, 3.8) is 0 Å².